The number of hydrogen-bond acceptors (Lipinski definition) is 3. The average molecular weight is 249 g/mol. The van der Waals surface area contributed by atoms with E-state index in [-0.39, 0.29) is 11.9 Å². The van der Waals surface area contributed by atoms with Gasteiger partial charge in [0.1, 0.15) is 11.5 Å². The number of hydrogen-bond donors (Lipinski definition) is 1. The van der Waals surface area contributed by atoms with Gasteiger partial charge in [0.2, 0.25) is 5.91 Å². The fourth-order valence-electron chi connectivity index (χ4n) is 2.48. The lowest BCUT2D eigenvalue weighted by atomic mass is 10.1. The molecule has 0 unspecified atom stereocenters. The molecule has 0 bridgehead atoms. The molecule has 0 saturated carbocycles. The van der Waals surface area contributed by atoms with Gasteiger partial charge in [0, 0.05) is 23.6 Å². The number of carbonyl (C=O) groups is 1. The summed E-state index contributed by atoms with van der Waals surface area (Å²) in [4.78, 5) is 11.5. The van der Waals surface area contributed by atoms with Gasteiger partial charge in [0.05, 0.1) is 14.2 Å². The number of benzene rings is 1. The van der Waals surface area contributed by atoms with E-state index in [0.29, 0.717) is 6.42 Å². The molecule has 1 aliphatic carbocycles. The maximum absolute atomic E-state index is 11.5. The van der Waals surface area contributed by atoms with Crippen molar-refractivity contribution in [3.05, 3.63) is 23.3 Å². The summed E-state index contributed by atoms with van der Waals surface area (Å²) in [6, 6.07) is 3.99. The highest BCUT2D eigenvalue weighted by Gasteiger charge is 2.28. The minimum Gasteiger partial charge on any atom is -0.496 e. The standard InChI is InChI=1S/C14H19NO3/c1-4-14(16)15-9-7-10-11(8-9)13(18-3)6-5-12(10)17-2/h5-6,9H,4,7-8H2,1-3H3,(H,15,16). The summed E-state index contributed by atoms with van der Waals surface area (Å²) in [6.07, 6.45) is 2.13. The third kappa shape index (κ3) is 2.28. The van der Waals surface area contributed by atoms with Crippen LogP contribution in [0, 0.1) is 0 Å². The van der Waals surface area contributed by atoms with Crippen molar-refractivity contribution in [2.75, 3.05) is 14.2 Å². The van der Waals surface area contributed by atoms with Crippen LogP contribution in [0.2, 0.25) is 0 Å². The van der Waals surface area contributed by atoms with Crippen LogP contribution in [0.15, 0.2) is 12.1 Å². The number of amides is 1. The van der Waals surface area contributed by atoms with Crippen LogP contribution in [0.5, 0.6) is 11.5 Å². The average Bonchev–Trinajstić information content (AvgIpc) is 2.80. The molecule has 18 heavy (non-hydrogen) atoms. The first kappa shape index (κ1) is 12.7. The van der Waals surface area contributed by atoms with Gasteiger partial charge in [-0.25, -0.2) is 0 Å². The zero-order valence-corrected chi connectivity index (χ0v) is 11.1. The number of ether oxygens (including phenoxy) is 2. The summed E-state index contributed by atoms with van der Waals surface area (Å²) >= 11 is 0. The molecule has 1 aromatic carbocycles. The molecule has 1 aliphatic rings. The molecule has 0 atom stereocenters. The number of methoxy groups -OCH3 is 2. The Kier molecular flexibility index (Phi) is 3.75. The van der Waals surface area contributed by atoms with Gasteiger partial charge in [0.25, 0.3) is 0 Å². The van der Waals surface area contributed by atoms with E-state index >= 15 is 0 Å². The van der Waals surface area contributed by atoms with Crippen molar-refractivity contribution < 1.29 is 14.3 Å². The molecule has 2 rings (SSSR count). The second-order valence-electron chi connectivity index (χ2n) is 4.45. The molecule has 1 amide bonds. The molecule has 0 fully saturated rings. The number of rotatable bonds is 4. The maximum Gasteiger partial charge on any atom is 0.219 e. The van der Waals surface area contributed by atoms with Gasteiger partial charge in [-0.05, 0) is 25.0 Å². The maximum atomic E-state index is 11.5. The Morgan fingerprint density at radius 2 is 1.72 bits per heavy atom. The Morgan fingerprint density at radius 1 is 1.22 bits per heavy atom. The minimum atomic E-state index is 0.0886. The SMILES string of the molecule is CCC(=O)NC1Cc2c(OC)ccc(OC)c2C1. The summed E-state index contributed by atoms with van der Waals surface area (Å²) in [7, 11) is 3.33. The van der Waals surface area contributed by atoms with Crippen LogP contribution < -0.4 is 14.8 Å². The fourth-order valence-corrected chi connectivity index (χ4v) is 2.48. The van der Waals surface area contributed by atoms with E-state index in [9.17, 15) is 4.79 Å². The summed E-state index contributed by atoms with van der Waals surface area (Å²) in [5, 5.41) is 3.03. The van der Waals surface area contributed by atoms with Crippen molar-refractivity contribution in [1.82, 2.24) is 5.32 Å². The van der Waals surface area contributed by atoms with Gasteiger partial charge in [-0.3, -0.25) is 4.79 Å². The lowest BCUT2D eigenvalue weighted by molar-refractivity contribution is -0.121. The molecule has 0 spiro atoms. The fraction of sp³-hybridized carbons (Fsp3) is 0.500. The van der Waals surface area contributed by atoms with Crippen LogP contribution in [0.3, 0.4) is 0 Å². The van der Waals surface area contributed by atoms with Crippen molar-refractivity contribution in [3.8, 4) is 11.5 Å². The Bertz CT molecular complexity index is 424. The number of carbonyl (C=O) groups excluding carboxylic acids is 1. The first-order valence-corrected chi connectivity index (χ1v) is 6.21. The third-order valence-electron chi connectivity index (χ3n) is 3.37. The molecule has 98 valence electrons. The first-order chi connectivity index (χ1) is 8.69. The van der Waals surface area contributed by atoms with E-state index in [0.717, 1.165) is 35.5 Å². The van der Waals surface area contributed by atoms with E-state index in [4.69, 9.17) is 9.47 Å². The molecule has 0 radical (unpaired) electrons. The molecule has 0 heterocycles. The Labute approximate surface area is 107 Å². The van der Waals surface area contributed by atoms with Crippen molar-refractivity contribution in [3.63, 3.8) is 0 Å². The van der Waals surface area contributed by atoms with Gasteiger partial charge in [-0.2, -0.15) is 0 Å². The lowest BCUT2D eigenvalue weighted by Crippen LogP contribution is -2.34. The Balaban J connectivity index is 2.24. The van der Waals surface area contributed by atoms with Crippen LogP contribution in [0.1, 0.15) is 24.5 Å². The molecular formula is C14H19NO3. The predicted octanol–water partition coefficient (Wildman–Crippen LogP) is 1.70. The highest BCUT2D eigenvalue weighted by Crippen LogP contribution is 2.37. The molecule has 4 nitrogen and oxygen atoms in total. The normalized spacial score (nSPS) is 14.2. The predicted molar refractivity (Wildman–Crippen MR) is 69.2 cm³/mol. The van der Waals surface area contributed by atoms with Crippen LogP contribution >= 0.6 is 0 Å². The molecule has 1 N–H and O–H groups in total. The second-order valence-corrected chi connectivity index (χ2v) is 4.45. The van der Waals surface area contributed by atoms with Crippen LogP contribution in [0.25, 0.3) is 0 Å². The van der Waals surface area contributed by atoms with Crippen LogP contribution in [-0.4, -0.2) is 26.2 Å². The summed E-state index contributed by atoms with van der Waals surface area (Å²) in [5.41, 5.74) is 2.30. The minimum absolute atomic E-state index is 0.0886. The van der Waals surface area contributed by atoms with E-state index in [2.05, 4.69) is 5.32 Å². The van der Waals surface area contributed by atoms with Gasteiger partial charge >= 0.3 is 0 Å². The number of fused-ring (bicyclic) bond motifs is 1. The highest BCUT2D eigenvalue weighted by atomic mass is 16.5. The first-order valence-electron chi connectivity index (χ1n) is 6.21. The third-order valence-corrected chi connectivity index (χ3v) is 3.37. The molecule has 1 aromatic rings. The van der Waals surface area contributed by atoms with Crippen molar-refractivity contribution in [2.45, 2.75) is 32.2 Å². The topological polar surface area (TPSA) is 47.6 Å². The summed E-state index contributed by atoms with van der Waals surface area (Å²) < 4.78 is 10.7. The smallest absolute Gasteiger partial charge is 0.219 e. The van der Waals surface area contributed by atoms with Gasteiger partial charge in [-0.1, -0.05) is 6.92 Å². The van der Waals surface area contributed by atoms with Crippen molar-refractivity contribution >= 4 is 5.91 Å². The van der Waals surface area contributed by atoms with E-state index < -0.39 is 0 Å². The van der Waals surface area contributed by atoms with Crippen molar-refractivity contribution in [2.24, 2.45) is 0 Å². The molecule has 0 aliphatic heterocycles. The zero-order chi connectivity index (χ0) is 13.1. The Hall–Kier alpha value is -1.71. The molecule has 4 heteroatoms. The van der Waals surface area contributed by atoms with Crippen molar-refractivity contribution in [1.29, 1.82) is 0 Å². The van der Waals surface area contributed by atoms with Gasteiger partial charge in [0.15, 0.2) is 0 Å². The van der Waals surface area contributed by atoms with E-state index in [1.54, 1.807) is 14.2 Å². The Morgan fingerprint density at radius 3 is 2.11 bits per heavy atom. The lowest BCUT2D eigenvalue weighted by Gasteiger charge is -2.10. The van der Waals surface area contributed by atoms with Crippen LogP contribution in [0.4, 0.5) is 0 Å². The largest absolute Gasteiger partial charge is 0.496 e. The van der Waals surface area contributed by atoms with Gasteiger partial charge in [-0.15, -0.1) is 0 Å². The van der Waals surface area contributed by atoms with Gasteiger partial charge < -0.3 is 14.8 Å². The molecule has 0 saturated heterocycles. The highest BCUT2D eigenvalue weighted by molar-refractivity contribution is 5.76. The number of nitrogens with one attached hydrogen (secondary N) is 1. The quantitative estimate of drug-likeness (QED) is 0.883. The zero-order valence-electron chi connectivity index (χ0n) is 11.1. The summed E-state index contributed by atoms with van der Waals surface area (Å²) in [6.45, 7) is 1.86. The molecule has 0 aromatic heterocycles. The second kappa shape index (κ2) is 5.29. The summed E-state index contributed by atoms with van der Waals surface area (Å²) in [5.74, 6) is 1.84. The van der Waals surface area contributed by atoms with E-state index in [1.807, 2.05) is 19.1 Å². The van der Waals surface area contributed by atoms with E-state index in [1.165, 1.54) is 0 Å². The van der Waals surface area contributed by atoms with Crippen LogP contribution in [-0.2, 0) is 17.6 Å². The monoisotopic (exact) mass is 249 g/mol. The molecular weight excluding hydrogens is 230 g/mol.